The molecule has 1 aromatic carbocycles. The average Bonchev–Trinajstić information content (AvgIpc) is 2.53. The van der Waals surface area contributed by atoms with Crippen LogP contribution in [0.1, 0.15) is 49.7 Å². The molecule has 2 aromatic rings. The van der Waals surface area contributed by atoms with Crippen LogP contribution in [0.5, 0.6) is 0 Å². The number of carbonyl (C=O) groups excluding carboxylic acids is 1. The van der Waals surface area contributed by atoms with E-state index >= 15 is 0 Å². The number of amides is 1. The number of hydrogen-bond donors (Lipinski definition) is 3. The van der Waals surface area contributed by atoms with Gasteiger partial charge < -0.3 is 16.2 Å². The van der Waals surface area contributed by atoms with E-state index in [4.69, 9.17) is 5.73 Å². The fourth-order valence-electron chi connectivity index (χ4n) is 2.38. The van der Waals surface area contributed by atoms with Gasteiger partial charge in [-0.3, -0.25) is 4.79 Å². The average molecular weight is 328 g/mol. The Labute approximate surface area is 142 Å². The molecule has 0 unspecified atom stereocenters. The van der Waals surface area contributed by atoms with E-state index in [9.17, 15) is 9.90 Å². The van der Waals surface area contributed by atoms with Crippen molar-refractivity contribution < 1.29 is 9.90 Å². The monoisotopic (exact) mass is 328 g/mol. The number of anilines is 1. The first-order valence-corrected chi connectivity index (χ1v) is 7.87. The van der Waals surface area contributed by atoms with Crippen molar-refractivity contribution in [2.75, 3.05) is 12.3 Å². The second kappa shape index (κ2) is 6.97. The van der Waals surface area contributed by atoms with Crippen LogP contribution >= 0.6 is 0 Å². The van der Waals surface area contributed by atoms with E-state index in [0.717, 1.165) is 16.8 Å². The van der Waals surface area contributed by atoms with E-state index in [-0.39, 0.29) is 18.4 Å². The predicted molar refractivity (Wildman–Crippen MR) is 94.6 cm³/mol. The number of carbonyl (C=O) groups is 1. The summed E-state index contributed by atoms with van der Waals surface area (Å²) in [7, 11) is 0. The molecule has 128 valence electrons. The number of aliphatic hydroxyl groups excluding tert-OH is 1. The maximum absolute atomic E-state index is 12.5. The lowest BCUT2D eigenvalue weighted by Gasteiger charge is -2.23. The fraction of sp³-hybridized carbons (Fsp3) is 0.389. The minimum Gasteiger partial charge on any atom is -0.399 e. The van der Waals surface area contributed by atoms with Gasteiger partial charge in [0, 0.05) is 23.0 Å². The molecule has 6 heteroatoms. The third kappa shape index (κ3) is 4.08. The Morgan fingerprint density at radius 1 is 1.33 bits per heavy atom. The van der Waals surface area contributed by atoms with Gasteiger partial charge in [0.15, 0.2) is 0 Å². The summed E-state index contributed by atoms with van der Waals surface area (Å²) in [6.07, 6.45) is 3.25. The lowest BCUT2D eigenvalue weighted by molar-refractivity contribution is 0.0869. The van der Waals surface area contributed by atoms with Gasteiger partial charge in [0.25, 0.3) is 5.91 Å². The van der Waals surface area contributed by atoms with E-state index in [1.807, 2.05) is 0 Å². The molecule has 6 nitrogen and oxygen atoms in total. The normalized spacial score (nSPS) is 11.6. The highest BCUT2D eigenvalue weighted by atomic mass is 16.3. The molecular weight excluding hydrogens is 304 g/mol. The van der Waals surface area contributed by atoms with E-state index < -0.39 is 5.54 Å². The molecule has 4 N–H and O–H groups in total. The summed E-state index contributed by atoms with van der Waals surface area (Å²) in [6, 6.07) is 5.19. The second-order valence-electron chi connectivity index (χ2n) is 6.82. The SMILES string of the molecule is CC(C)c1ncncc1-c1cc(N)cc(C(=O)NC(C)(C)CO)c1. The van der Waals surface area contributed by atoms with Gasteiger partial charge in [-0.15, -0.1) is 0 Å². The van der Waals surface area contributed by atoms with Gasteiger partial charge in [0.2, 0.25) is 0 Å². The van der Waals surface area contributed by atoms with Gasteiger partial charge in [-0.05, 0) is 43.5 Å². The molecule has 1 aromatic heterocycles. The van der Waals surface area contributed by atoms with Gasteiger partial charge in [-0.25, -0.2) is 9.97 Å². The fourth-order valence-corrected chi connectivity index (χ4v) is 2.38. The standard InChI is InChI=1S/C18H24N4O2/c1-11(2)16-15(8-20-10-21-16)12-5-13(7-14(19)6-12)17(24)22-18(3,4)9-23/h5-8,10-11,23H,9,19H2,1-4H3,(H,22,24). The largest absolute Gasteiger partial charge is 0.399 e. The maximum Gasteiger partial charge on any atom is 0.251 e. The summed E-state index contributed by atoms with van der Waals surface area (Å²) < 4.78 is 0. The summed E-state index contributed by atoms with van der Waals surface area (Å²) in [5.74, 6) is -0.0689. The van der Waals surface area contributed by atoms with Crippen LogP contribution in [0.25, 0.3) is 11.1 Å². The molecule has 1 amide bonds. The van der Waals surface area contributed by atoms with E-state index in [2.05, 4.69) is 29.1 Å². The highest BCUT2D eigenvalue weighted by Gasteiger charge is 2.21. The van der Waals surface area contributed by atoms with Crippen LogP contribution in [0.15, 0.2) is 30.7 Å². The van der Waals surface area contributed by atoms with Crippen LogP contribution in [-0.2, 0) is 0 Å². The maximum atomic E-state index is 12.5. The topological polar surface area (TPSA) is 101 Å². The molecule has 0 aliphatic heterocycles. The number of nitrogens with one attached hydrogen (secondary N) is 1. The Morgan fingerprint density at radius 2 is 2.04 bits per heavy atom. The van der Waals surface area contributed by atoms with Gasteiger partial charge in [-0.1, -0.05) is 13.8 Å². The number of aliphatic hydroxyl groups is 1. The summed E-state index contributed by atoms with van der Waals surface area (Å²) in [4.78, 5) is 20.9. The highest BCUT2D eigenvalue weighted by molar-refractivity contribution is 5.97. The molecule has 0 aliphatic rings. The van der Waals surface area contributed by atoms with Crippen LogP contribution in [-0.4, -0.2) is 33.1 Å². The molecule has 0 aliphatic carbocycles. The number of rotatable bonds is 5. The van der Waals surface area contributed by atoms with E-state index in [1.165, 1.54) is 6.33 Å². The number of hydrogen-bond acceptors (Lipinski definition) is 5. The number of nitrogen functional groups attached to an aromatic ring is 1. The zero-order valence-electron chi connectivity index (χ0n) is 14.5. The Bertz CT molecular complexity index is 742. The molecule has 24 heavy (non-hydrogen) atoms. The molecule has 1 heterocycles. The highest BCUT2D eigenvalue weighted by Crippen LogP contribution is 2.29. The summed E-state index contributed by atoms with van der Waals surface area (Å²) in [5.41, 5.74) is 8.75. The van der Waals surface area contributed by atoms with Crippen LogP contribution in [0.4, 0.5) is 5.69 Å². The molecule has 2 rings (SSSR count). The van der Waals surface area contributed by atoms with Crippen LogP contribution in [0.2, 0.25) is 0 Å². The number of nitrogens with two attached hydrogens (primary N) is 1. The Balaban J connectivity index is 2.45. The van der Waals surface area contributed by atoms with Crippen molar-refractivity contribution in [3.63, 3.8) is 0 Å². The third-order valence-electron chi connectivity index (χ3n) is 3.67. The minimum atomic E-state index is -0.708. The Morgan fingerprint density at radius 3 is 2.67 bits per heavy atom. The molecule has 0 radical (unpaired) electrons. The number of benzene rings is 1. The van der Waals surface area contributed by atoms with Crippen molar-refractivity contribution in [1.29, 1.82) is 0 Å². The van der Waals surface area contributed by atoms with Crippen LogP contribution in [0.3, 0.4) is 0 Å². The van der Waals surface area contributed by atoms with Crippen LogP contribution < -0.4 is 11.1 Å². The van der Waals surface area contributed by atoms with Crippen molar-refractivity contribution in [3.8, 4) is 11.1 Å². The molecular formula is C18H24N4O2. The zero-order valence-corrected chi connectivity index (χ0v) is 14.5. The van der Waals surface area contributed by atoms with Gasteiger partial charge in [0.05, 0.1) is 17.8 Å². The minimum absolute atomic E-state index is 0.155. The molecule has 0 spiro atoms. The molecule has 0 saturated heterocycles. The predicted octanol–water partition coefficient (Wildman–Crippen LogP) is 2.35. The van der Waals surface area contributed by atoms with Crippen molar-refractivity contribution in [3.05, 3.63) is 42.0 Å². The lowest BCUT2D eigenvalue weighted by Crippen LogP contribution is -2.46. The van der Waals surface area contributed by atoms with Gasteiger partial charge >= 0.3 is 0 Å². The zero-order chi connectivity index (χ0) is 17.9. The first-order valence-electron chi connectivity index (χ1n) is 7.87. The Kier molecular flexibility index (Phi) is 5.19. The van der Waals surface area contributed by atoms with Crippen LogP contribution in [0, 0.1) is 0 Å². The third-order valence-corrected chi connectivity index (χ3v) is 3.67. The molecule has 0 fully saturated rings. The van der Waals surface area contributed by atoms with Gasteiger partial charge in [0.1, 0.15) is 6.33 Å². The quantitative estimate of drug-likeness (QED) is 0.731. The van der Waals surface area contributed by atoms with Crippen molar-refractivity contribution in [2.24, 2.45) is 0 Å². The smallest absolute Gasteiger partial charge is 0.251 e. The van der Waals surface area contributed by atoms with Crippen molar-refractivity contribution >= 4 is 11.6 Å². The summed E-state index contributed by atoms with van der Waals surface area (Å²) in [5, 5.41) is 12.1. The first kappa shape index (κ1) is 17.9. The molecule has 0 atom stereocenters. The molecule has 0 bridgehead atoms. The van der Waals surface area contributed by atoms with E-state index in [1.54, 1.807) is 38.2 Å². The lowest BCUT2D eigenvalue weighted by atomic mass is 9.96. The Hall–Kier alpha value is -2.47. The van der Waals surface area contributed by atoms with Gasteiger partial charge in [-0.2, -0.15) is 0 Å². The number of nitrogens with zero attached hydrogens (tertiary/aromatic N) is 2. The first-order chi connectivity index (χ1) is 11.2. The molecule has 0 saturated carbocycles. The second-order valence-corrected chi connectivity index (χ2v) is 6.82. The van der Waals surface area contributed by atoms with Crippen molar-refractivity contribution in [1.82, 2.24) is 15.3 Å². The summed E-state index contributed by atoms with van der Waals surface area (Å²) >= 11 is 0. The van der Waals surface area contributed by atoms with Crippen molar-refractivity contribution in [2.45, 2.75) is 39.2 Å². The van der Waals surface area contributed by atoms with E-state index in [0.29, 0.717) is 11.3 Å². The summed E-state index contributed by atoms with van der Waals surface area (Å²) in [6.45, 7) is 7.45. The number of aromatic nitrogens is 2.